The highest BCUT2D eigenvalue weighted by molar-refractivity contribution is 7.84. The largest absolute Gasteiger partial charge is 0.477 e. The van der Waals surface area contributed by atoms with Gasteiger partial charge in [0.1, 0.15) is 0 Å². The van der Waals surface area contributed by atoms with Crippen molar-refractivity contribution < 1.29 is 23.6 Å². The third-order valence-corrected chi connectivity index (χ3v) is 5.10. The van der Waals surface area contributed by atoms with Crippen LogP contribution < -0.4 is 0 Å². The van der Waals surface area contributed by atoms with Gasteiger partial charge >= 0.3 is 5.97 Å². The molecule has 1 aliphatic rings. The minimum Gasteiger partial charge on any atom is -0.477 e. The standard InChI is InChI=1S/C17H24O5S/c1-17(16(18)19)21-11-14(12-22-17)6-4-3-5-13-7-9-15(10-8-13)23(2)20/h7-10,14H,3-6,11-12H2,1-2H3,(H,18,19). The van der Waals surface area contributed by atoms with E-state index in [0.717, 1.165) is 30.6 Å². The average Bonchev–Trinajstić information content (AvgIpc) is 2.53. The van der Waals surface area contributed by atoms with E-state index in [9.17, 15) is 9.00 Å². The van der Waals surface area contributed by atoms with E-state index in [2.05, 4.69) is 0 Å². The molecule has 1 heterocycles. The van der Waals surface area contributed by atoms with Crippen LogP contribution in [0.5, 0.6) is 0 Å². The molecule has 0 radical (unpaired) electrons. The van der Waals surface area contributed by atoms with Gasteiger partial charge < -0.3 is 14.6 Å². The molecule has 0 spiro atoms. The van der Waals surface area contributed by atoms with E-state index >= 15 is 0 Å². The van der Waals surface area contributed by atoms with Crippen LogP contribution in [-0.2, 0) is 31.5 Å². The lowest BCUT2D eigenvalue weighted by atomic mass is 10.00. The van der Waals surface area contributed by atoms with Gasteiger partial charge in [-0.15, -0.1) is 0 Å². The average molecular weight is 340 g/mol. The fourth-order valence-corrected chi connectivity index (χ4v) is 3.06. The lowest BCUT2D eigenvalue weighted by Crippen LogP contribution is -2.47. The van der Waals surface area contributed by atoms with Crippen LogP contribution in [0.1, 0.15) is 31.7 Å². The van der Waals surface area contributed by atoms with Gasteiger partial charge in [-0.05, 0) is 37.0 Å². The summed E-state index contributed by atoms with van der Waals surface area (Å²) in [5, 5.41) is 9.01. The van der Waals surface area contributed by atoms with Crippen molar-refractivity contribution in [2.24, 2.45) is 5.92 Å². The zero-order valence-corrected chi connectivity index (χ0v) is 14.4. The van der Waals surface area contributed by atoms with Crippen LogP contribution in [-0.4, -0.2) is 40.5 Å². The van der Waals surface area contributed by atoms with E-state index in [-0.39, 0.29) is 5.92 Å². The lowest BCUT2D eigenvalue weighted by molar-refractivity contribution is -0.271. The molecular weight excluding hydrogens is 316 g/mol. The molecule has 0 bridgehead atoms. The number of carboxylic acid groups (broad SMARTS) is 1. The van der Waals surface area contributed by atoms with Crippen molar-refractivity contribution in [1.29, 1.82) is 0 Å². The zero-order valence-electron chi connectivity index (χ0n) is 13.6. The van der Waals surface area contributed by atoms with Crippen LogP contribution in [0.3, 0.4) is 0 Å². The molecule has 0 saturated carbocycles. The highest BCUT2D eigenvalue weighted by Crippen LogP contribution is 2.24. The van der Waals surface area contributed by atoms with Crippen LogP contribution in [0.25, 0.3) is 0 Å². The van der Waals surface area contributed by atoms with Crippen LogP contribution >= 0.6 is 0 Å². The minimum atomic E-state index is -1.49. The number of unbranched alkanes of at least 4 members (excludes halogenated alkanes) is 1. The third-order valence-electron chi connectivity index (χ3n) is 4.16. The zero-order chi connectivity index (χ0) is 16.9. The fourth-order valence-electron chi connectivity index (χ4n) is 2.54. The molecule has 23 heavy (non-hydrogen) atoms. The molecule has 1 aromatic carbocycles. The first-order valence-electron chi connectivity index (χ1n) is 7.84. The van der Waals surface area contributed by atoms with Crippen molar-refractivity contribution in [3.8, 4) is 0 Å². The van der Waals surface area contributed by atoms with E-state index in [4.69, 9.17) is 14.6 Å². The van der Waals surface area contributed by atoms with Crippen LogP contribution in [0.4, 0.5) is 0 Å². The van der Waals surface area contributed by atoms with Gasteiger partial charge in [-0.3, -0.25) is 4.21 Å². The van der Waals surface area contributed by atoms with Gasteiger partial charge in [0.15, 0.2) is 0 Å². The molecule has 1 aliphatic heterocycles. The number of aryl methyl sites for hydroxylation is 1. The predicted octanol–water partition coefficient (Wildman–Crippen LogP) is 2.60. The number of hydrogen-bond donors (Lipinski definition) is 1. The summed E-state index contributed by atoms with van der Waals surface area (Å²) < 4.78 is 22.0. The topological polar surface area (TPSA) is 72.8 Å². The summed E-state index contributed by atoms with van der Waals surface area (Å²) >= 11 is 0. The van der Waals surface area contributed by atoms with Crippen molar-refractivity contribution in [2.75, 3.05) is 19.5 Å². The normalized spacial score (nSPS) is 25.9. The number of aliphatic carboxylic acids is 1. The van der Waals surface area contributed by atoms with Gasteiger partial charge in [0.05, 0.1) is 13.2 Å². The maximum Gasteiger partial charge on any atom is 0.364 e. The first kappa shape index (κ1) is 18.1. The maximum absolute atomic E-state index is 11.3. The lowest BCUT2D eigenvalue weighted by Gasteiger charge is -2.34. The van der Waals surface area contributed by atoms with Crippen molar-refractivity contribution in [3.63, 3.8) is 0 Å². The SMILES string of the molecule is CS(=O)c1ccc(CCCCC2COC(C)(C(=O)O)OC2)cc1. The maximum atomic E-state index is 11.3. The number of hydrogen-bond acceptors (Lipinski definition) is 4. The Balaban J connectivity index is 1.66. The Hall–Kier alpha value is -1.24. The van der Waals surface area contributed by atoms with Gasteiger partial charge in [-0.25, -0.2) is 4.79 Å². The molecule has 0 aromatic heterocycles. The van der Waals surface area contributed by atoms with E-state index in [1.807, 2.05) is 24.3 Å². The summed E-state index contributed by atoms with van der Waals surface area (Å²) in [5.41, 5.74) is 1.24. The van der Waals surface area contributed by atoms with Crippen molar-refractivity contribution in [1.82, 2.24) is 0 Å². The number of rotatable bonds is 7. The van der Waals surface area contributed by atoms with Gasteiger partial charge in [0, 0.05) is 34.8 Å². The second-order valence-electron chi connectivity index (χ2n) is 6.08. The van der Waals surface area contributed by atoms with Crippen LogP contribution in [0.15, 0.2) is 29.2 Å². The molecule has 0 amide bonds. The van der Waals surface area contributed by atoms with E-state index < -0.39 is 22.6 Å². The highest BCUT2D eigenvalue weighted by atomic mass is 32.2. The third kappa shape index (κ3) is 5.12. The predicted molar refractivity (Wildman–Crippen MR) is 87.8 cm³/mol. The molecule has 1 atom stereocenters. The Bertz CT molecular complexity index is 547. The van der Waals surface area contributed by atoms with Gasteiger partial charge in [-0.1, -0.05) is 18.6 Å². The molecule has 1 saturated heterocycles. The monoisotopic (exact) mass is 340 g/mol. The molecule has 1 N–H and O–H groups in total. The van der Waals surface area contributed by atoms with Crippen molar-refractivity contribution in [3.05, 3.63) is 29.8 Å². The Labute approximate surface area is 139 Å². The Morgan fingerprint density at radius 1 is 1.26 bits per heavy atom. The van der Waals surface area contributed by atoms with Gasteiger partial charge in [0.25, 0.3) is 5.79 Å². The number of carboxylic acids is 1. The summed E-state index contributed by atoms with van der Waals surface area (Å²) in [6.07, 6.45) is 5.73. The second kappa shape index (κ2) is 8.04. The second-order valence-corrected chi connectivity index (χ2v) is 7.46. The summed E-state index contributed by atoms with van der Waals surface area (Å²) in [4.78, 5) is 11.9. The molecule has 0 aliphatic carbocycles. The summed E-state index contributed by atoms with van der Waals surface area (Å²) in [7, 11) is -0.927. The first-order valence-corrected chi connectivity index (χ1v) is 9.40. The Morgan fingerprint density at radius 2 is 1.87 bits per heavy atom. The molecule has 5 nitrogen and oxygen atoms in total. The Kier molecular flexibility index (Phi) is 6.33. The first-order chi connectivity index (χ1) is 10.9. The number of carbonyl (C=O) groups is 1. The number of benzene rings is 1. The molecule has 1 aromatic rings. The van der Waals surface area contributed by atoms with Gasteiger partial charge in [0.2, 0.25) is 0 Å². The van der Waals surface area contributed by atoms with E-state index in [0.29, 0.717) is 13.2 Å². The van der Waals surface area contributed by atoms with Crippen molar-refractivity contribution in [2.45, 2.75) is 43.3 Å². The van der Waals surface area contributed by atoms with Crippen LogP contribution in [0.2, 0.25) is 0 Å². The fraction of sp³-hybridized carbons (Fsp3) is 0.588. The summed E-state index contributed by atoms with van der Waals surface area (Å²) in [6.45, 7) is 2.30. The molecule has 1 unspecified atom stereocenters. The molecular formula is C17H24O5S. The van der Waals surface area contributed by atoms with Crippen LogP contribution in [0, 0.1) is 5.92 Å². The van der Waals surface area contributed by atoms with Gasteiger partial charge in [-0.2, -0.15) is 0 Å². The van der Waals surface area contributed by atoms with E-state index in [1.54, 1.807) is 6.26 Å². The van der Waals surface area contributed by atoms with E-state index in [1.165, 1.54) is 12.5 Å². The molecule has 2 rings (SSSR count). The number of ether oxygens (including phenoxy) is 2. The Morgan fingerprint density at radius 3 is 2.39 bits per heavy atom. The molecule has 128 valence electrons. The molecule has 6 heteroatoms. The summed E-state index contributed by atoms with van der Waals surface area (Å²) in [6, 6.07) is 7.89. The van der Waals surface area contributed by atoms with Crippen molar-refractivity contribution >= 4 is 16.8 Å². The smallest absolute Gasteiger partial charge is 0.364 e. The minimum absolute atomic E-state index is 0.257. The quantitative estimate of drug-likeness (QED) is 0.773. The summed E-state index contributed by atoms with van der Waals surface area (Å²) in [5.74, 6) is -2.31. The molecule has 1 fully saturated rings. The highest BCUT2D eigenvalue weighted by Gasteiger charge is 2.40.